The second-order valence-corrected chi connectivity index (χ2v) is 9.87. The molecular formula is C23H18F3NO4S. The Labute approximate surface area is 182 Å². The zero-order chi connectivity index (χ0) is 23.3. The Morgan fingerprint density at radius 1 is 1.22 bits per heavy atom. The van der Waals surface area contributed by atoms with E-state index in [0.29, 0.717) is 5.56 Å². The normalized spacial score (nSPS) is 15.3. The summed E-state index contributed by atoms with van der Waals surface area (Å²) >= 11 is 0. The number of benzene rings is 1. The predicted molar refractivity (Wildman–Crippen MR) is 113 cm³/mol. The van der Waals surface area contributed by atoms with E-state index in [1.165, 1.54) is 19.2 Å². The van der Waals surface area contributed by atoms with Crippen LogP contribution in [-0.2, 0) is 21.4 Å². The Balaban J connectivity index is 1.93. The van der Waals surface area contributed by atoms with Crippen molar-refractivity contribution < 1.29 is 26.0 Å². The smallest absolute Gasteiger partial charge is 0.416 e. The summed E-state index contributed by atoms with van der Waals surface area (Å²) < 4.78 is 69.9. The summed E-state index contributed by atoms with van der Waals surface area (Å²) in [6, 6.07) is 4.03. The van der Waals surface area contributed by atoms with Crippen LogP contribution in [-0.4, -0.2) is 19.2 Å². The topological polar surface area (TPSA) is 77.2 Å². The SMILES string of the molecule is CC#CC1(c2cnc(-c3coc4cc(C(F)(F)F)ccc4c3=O)c(S(=O)(=O)CC)c2)CC1. The molecule has 0 N–H and O–H groups in total. The number of alkyl halides is 3. The molecule has 0 aliphatic heterocycles. The quantitative estimate of drug-likeness (QED) is 0.526. The predicted octanol–water partition coefficient (Wildman–Crippen LogP) is 4.72. The van der Waals surface area contributed by atoms with Gasteiger partial charge >= 0.3 is 6.18 Å². The lowest BCUT2D eigenvalue weighted by Crippen LogP contribution is -2.14. The average molecular weight is 461 g/mol. The average Bonchev–Trinajstić information content (AvgIpc) is 3.54. The van der Waals surface area contributed by atoms with Crippen LogP contribution in [0.4, 0.5) is 13.2 Å². The maximum absolute atomic E-state index is 13.1. The van der Waals surface area contributed by atoms with Crippen molar-refractivity contribution in [1.29, 1.82) is 0 Å². The van der Waals surface area contributed by atoms with Crippen LogP contribution >= 0.6 is 0 Å². The first kappa shape index (κ1) is 22.1. The van der Waals surface area contributed by atoms with E-state index < -0.39 is 32.4 Å². The standard InChI is InChI=1S/C23H18F3NO4S/c1-3-7-22(8-9-22)15-11-19(32(29,30)4-2)20(27-12-15)17-13-31-18-10-14(23(24,25)26)5-6-16(18)21(17)28/h5-6,10-13H,4,8-9H2,1-2H3. The van der Waals surface area contributed by atoms with E-state index in [1.807, 2.05) is 0 Å². The van der Waals surface area contributed by atoms with Gasteiger partial charge in [0.1, 0.15) is 11.8 Å². The molecule has 0 bridgehead atoms. The number of halogens is 3. The summed E-state index contributed by atoms with van der Waals surface area (Å²) in [6.45, 7) is 3.18. The fourth-order valence-electron chi connectivity index (χ4n) is 3.62. The van der Waals surface area contributed by atoms with Gasteiger partial charge in [0.25, 0.3) is 0 Å². The highest BCUT2D eigenvalue weighted by Gasteiger charge is 2.44. The number of nitrogens with zero attached hydrogens (tertiary/aromatic N) is 1. The Kier molecular flexibility index (Phi) is 5.17. The molecule has 0 atom stereocenters. The fourth-order valence-corrected chi connectivity index (χ4v) is 4.69. The first-order valence-corrected chi connectivity index (χ1v) is 11.5. The number of sulfone groups is 1. The lowest BCUT2D eigenvalue weighted by Gasteiger charge is -2.14. The third-order valence-corrected chi connectivity index (χ3v) is 7.33. The van der Waals surface area contributed by atoms with Crippen LogP contribution in [0.3, 0.4) is 0 Å². The Bertz CT molecular complexity index is 1460. The van der Waals surface area contributed by atoms with E-state index in [-0.39, 0.29) is 32.9 Å². The van der Waals surface area contributed by atoms with Crippen molar-refractivity contribution in [1.82, 2.24) is 4.98 Å². The van der Waals surface area contributed by atoms with Gasteiger partial charge in [0.05, 0.1) is 38.3 Å². The van der Waals surface area contributed by atoms with E-state index in [1.54, 1.807) is 6.92 Å². The molecule has 0 amide bonds. The summed E-state index contributed by atoms with van der Waals surface area (Å²) in [4.78, 5) is 17.2. The second kappa shape index (κ2) is 7.48. The first-order valence-electron chi connectivity index (χ1n) is 9.83. The minimum atomic E-state index is -4.59. The molecule has 1 aromatic carbocycles. The molecule has 4 rings (SSSR count). The molecule has 1 aliphatic carbocycles. The number of hydrogen-bond acceptors (Lipinski definition) is 5. The highest BCUT2D eigenvalue weighted by molar-refractivity contribution is 7.91. The van der Waals surface area contributed by atoms with E-state index in [0.717, 1.165) is 37.3 Å². The lowest BCUT2D eigenvalue weighted by molar-refractivity contribution is -0.137. The summed E-state index contributed by atoms with van der Waals surface area (Å²) in [5.74, 6) is 5.74. The van der Waals surface area contributed by atoms with Crippen LogP contribution < -0.4 is 5.43 Å². The number of fused-ring (bicyclic) bond motifs is 1. The summed E-state index contributed by atoms with van der Waals surface area (Å²) in [5.41, 5.74) is -1.89. The minimum Gasteiger partial charge on any atom is -0.463 e. The molecule has 32 heavy (non-hydrogen) atoms. The largest absolute Gasteiger partial charge is 0.463 e. The van der Waals surface area contributed by atoms with Gasteiger partial charge in [-0.15, -0.1) is 5.92 Å². The van der Waals surface area contributed by atoms with E-state index >= 15 is 0 Å². The molecule has 2 heterocycles. The maximum Gasteiger partial charge on any atom is 0.416 e. The van der Waals surface area contributed by atoms with Gasteiger partial charge in [-0.3, -0.25) is 9.78 Å². The van der Waals surface area contributed by atoms with Gasteiger partial charge in [-0.2, -0.15) is 13.2 Å². The van der Waals surface area contributed by atoms with Gasteiger partial charge in [-0.25, -0.2) is 8.42 Å². The molecule has 0 saturated heterocycles. The molecule has 0 unspecified atom stereocenters. The van der Waals surface area contributed by atoms with Crippen LogP contribution in [0.15, 0.2) is 50.8 Å². The van der Waals surface area contributed by atoms with Crippen molar-refractivity contribution in [3.05, 3.63) is 58.1 Å². The van der Waals surface area contributed by atoms with Crippen molar-refractivity contribution in [2.45, 2.75) is 43.2 Å². The first-order chi connectivity index (χ1) is 15.0. The lowest BCUT2D eigenvalue weighted by atomic mass is 9.97. The molecule has 2 aromatic heterocycles. The van der Waals surface area contributed by atoms with E-state index in [4.69, 9.17) is 4.42 Å². The maximum atomic E-state index is 13.1. The number of pyridine rings is 1. The van der Waals surface area contributed by atoms with Crippen LogP contribution in [0.2, 0.25) is 0 Å². The Morgan fingerprint density at radius 3 is 2.53 bits per heavy atom. The number of aromatic nitrogens is 1. The van der Waals surface area contributed by atoms with Crippen LogP contribution in [0, 0.1) is 11.8 Å². The van der Waals surface area contributed by atoms with Gasteiger partial charge in [-0.1, -0.05) is 12.8 Å². The van der Waals surface area contributed by atoms with Crippen molar-refractivity contribution in [2.75, 3.05) is 5.75 Å². The van der Waals surface area contributed by atoms with Crippen LogP contribution in [0.1, 0.15) is 37.8 Å². The Hall–Kier alpha value is -3.12. The molecule has 0 radical (unpaired) electrons. The minimum absolute atomic E-state index is 0.0913. The zero-order valence-electron chi connectivity index (χ0n) is 17.2. The van der Waals surface area contributed by atoms with Gasteiger partial charge in [0.15, 0.2) is 9.84 Å². The van der Waals surface area contributed by atoms with Gasteiger partial charge in [0, 0.05) is 6.20 Å². The fraction of sp³-hybridized carbons (Fsp3) is 0.304. The third-order valence-electron chi connectivity index (χ3n) is 5.59. The number of rotatable bonds is 4. The molecule has 3 aromatic rings. The van der Waals surface area contributed by atoms with Crippen molar-refractivity contribution in [2.24, 2.45) is 0 Å². The van der Waals surface area contributed by atoms with E-state index in [2.05, 4.69) is 16.8 Å². The van der Waals surface area contributed by atoms with Gasteiger partial charge in [0.2, 0.25) is 5.43 Å². The molecular weight excluding hydrogens is 443 g/mol. The molecule has 0 spiro atoms. The summed E-state index contributed by atoms with van der Waals surface area (Å²) in [5, 5.41) is -0.100. The van der Waals surface area contributed by atoms with Gasteiger partial charge in [-0.05, 0) is 49.6 Å². The highest BCUT2D eigenvalue weighted by atomic mass is 32.2. The second-order valence-electron chi connectivity index (χ2n) is 7.62. The molecule has 1 fully saturated rings. The highest BCUT2D eigenvalue weighted by Crippen LogP contribution is 2.48. The van der Waals surface area contributed by atoms with Crippen molar-refractivity contribution in [3.8, 4) is 23.1 Å². The summed E-state index contributed by atoms with van der Waals surface area (Å²) in [6.07, 6.45) is -0.580. The molecule has 9 heteroatoms. The van der Waals surface area contributed by atoms with Gasteiger partial charge < -0.3 is 4.42 Å². The monoisotopic (exact) mass is 461 g/mol. The van der Waals surface area contributed by atoms with E-state index in [9.17, 15) is 26.4 Å². The molecule has 1 saturated carbocycles. The van der Waals surface area contributed by atoms with Crippen molar-refractivity contribution >= 4 is 20.8 Å². The van der Waals surface area contributed by atoms with Crippen LogP contribution in [0.5, 0.6) is 0 Å². The zero-order valence-corrected chi connectivity index (χ0v) is 18.0. The molecule has 166 valence electrons. The van der Waals surface area contributed by atoms with Crippen molar-refractivity contribution in [3.63, 3.8) is 0 Å². The van der Waals surface area contributed by atoms with Crippen LogP contribution in [0.25, 0.3) is 22.2 Å². The third kappa shape index (κ3) is 3.69. The summed E-state index contributed by atoms with van der Waals surface area (Å²) in [7, 11) is -3.78. The Morgan fingerprint density at radius 2 is 1.94 bits per heavy atom. The molecule has 5 nitrogen and oxygen atoms in total. The number of hydrogen-bond donors (Lipinski definition) is 0. The molecule has 1 aliphatic rings.